The van der Waals surface area contributed by atoms with Gasteiger partial charge in [-0.25, -0.2) is 4.79 Å². The molecule has 0 aliphatic heterocycles. The van der Waals surface area contributed by atoms with Crippen molar-refractivity contribution in [3.8, 4) is 0 Å². The molecular formula is C15H13Br2NO2. The van der Waals surface area contributed by atoms with Crippen LogP contribution in [0.15, 0.2) is 51.4 Å². The summed E-state index contributed by atoms with van der Waals surface area (Å²) in [5.41, 5.74) is 2.15. The largest absolute Gasteiger partial charge is 0.478 e. The van der Waals surface area contributed by atoms with Gasteiger partial charge in [-0.2, -0.15) is 0 Å². The van der Waals surface area contributed by atoms with Gasteiger partial charge in [-0.15, -0.1) is 0 Å². The molecule has 5 heteroatoms. The van der Waals surface area contributed by atoms with E-state index in [1.54, 1.807) is 12.1 Å². The summed E-state index contributed by atoms with van der Waals surface area (Å²) in [7, 11) is 0. The minimum absolute atomic E-state index is 0.0824. The highest BCUT2D eigenvalue weighted by Crippen LogP contribution is 2.25. The Labute approximate surface area is 134 Å². The third-order valence-corrected chi connectivity index (χ3v) is 3.88. The maximum Gasteiger partial charge on any atom is 0.335 e. The number of anilines is 1. The van der Waals surface area contributed by atoms with Gasteiger partial charge in [0, 0.05) is 20.7 Å². The molecule has 0 spiro atoms. The number of carboxylic acids is 1. The fourth-order valence-corrected chi connectivity index (χ4v) is 2.64. The third kappa shape index (κ3) is 3.84. The summed E-state index contributed by atoms with van der Waals surface area (Å²) in [5, 5.41) is 12.4. The maximum absolute atomic E-state index is 11.0. The average Bonchev–Trinajstić information content (AvgIpc) is 2.38. The molecular weight excluding hydrogens is 386 g/mol. The number of hydrogen-bond acceptors (Lipinski definition) is 2. The van der Waals surface area contributed by atoms with E-state index in [1.807, 2.05) is 37.3 Å². The van der Waals surface area contributed by atoms with E-state index < -0.39 is 5.97 Å². The second kappa shape index (κ2) is 6.41. The molecule has 104 valence electrons. The van der Waals surface area contributed by atoms with Crippen molar-refractivity contribution in [3.05, 3.63) is 62.5 Å². The number of carboxylic acid groups (broad SMARTS) is 1. The Balaban J connectivity index is 2.21. The second-order valence-electron chi connectivity index (χ2n) is 4.45. The Kier molecular flexibility index (Phi) is 4.83. The van der Waals surface area contributed by atoms with Gasteiger partial charge in [-0.05, 0) is 42.8 Å². The van der Waals surface area contributed by atoms with Gasteiger partial charge in [0.15, 0.2) is 0 Å². The van der Waals surface area contributed by atoms with Crippen LogP contribution >= 0.6 is 31.9 Å². The molecule has 3 nitrogen and oxygen atoms in total. The lowest BCUT2D eigenvalue weighted by Crippen LogP contribution is -2.07. The smallest absolute Gasteiger partial charge is 0.335 e. The molecule has 0 saturated heterocycles. The zero-order valence-corrected chi connectivity index (χ0v) is 13.9. The van der Waals surface area contributed by atoms with E-state index in [4.69, 9.17) is 5.11 Å². The molecule has 2 rings (SSSR count). The molecule has 2 aromatic rings. The number of halogens is 2. The Morgan fingerprint density at radius 2 is 1.75 bits per heavy atom. The SMILES string of the molecule is CC(Nc1cc(Br)cc(C(=O)O)c1)c1ccc(Br)cc1. The molecule has 20 heavy (non-hydrogen) atoms. The van der Waals surface area contributed by atoms with Crippen molar-refractivity contribution in [1.82, 2.24) is 0 Å². The van der Waals surface area contributed by atoms with E-state index in [-0.39, 0.29) is 11.6 Å². The second-order valence-corrected chi connectivity index (χ2v) is 6.28. The highest BCUT2D eigenvalue weighted by atomic mass is 79.9. The first-order valence-corrected chi connectivity index (χ1v) is 7.60. The molecule has 0 fully saturated rings. The van der Waals surface area contributed by atoms with E-state index in [1.165, 1.54) is 0 Å². The zero-order chi connectivity index (χ0) is 14.7. The van der Waals surface area contributed by atoms with E-state index in [2.05, 4.69) is 37.2 Å². The molecule has 0 aliphatic rings. The number of benzene rings is 2. The predicted molar refractivity (Wildman–Crippen MR) is 87.3 cm³/mol. The molecule has 0 saturated carbocycles. The Morgan fingerprint density at radius 3 is 2.35 bits per heavy atom. The van der Waals surface area contributed by atoms with Crippen LogP contribution < -0.4 is 5.32 Å². The van der Waals surface area contributed by atoms with Gasteiger partial charge in [0.05, 0.1) is 5.56 Å². The van der Waals surface area contributed by atoms with Crippen molar-refractivity contribution in [3.63, 3.8) is 0 Å². The minimum atomic E-state index is -0.939. The molecule has 2 aromatic carbocycles. The lowest BCUT2D eigenvalue weighted by Gasteiger charge is -2.16. The van der Waals surface area contributed by atoms with E-state index in [0.717, 1.165) is 20.2 Å². The highest BCUT2D eigenvalue weighted by molar-refractivity contribution is 9.10. The minimum Gasteiger partial charge on any atom is -0.478 e. The van der Waals surface area contributed by atoms with Crippen molar-refractivity contribution in [2.75, 3.05) is 5.32 Å². The lowest BCUT2D eigenvalue weighted by molar-refractivity contribution is 0.0697. The average molecular weight is 399 g/mol. The Bertz CT molecular complexity index is 626. The molecule has 2 N–H and O–H groups in total. The highest BCUT2D eigenvalue weighted by Gasteiger charge is 2.09. The van der Waals surface area contributed by atoms with Crippen LogP contribution in [-0.2, 0) is 0 Å². The molecule has 0 radical (unpaired) electrons. The summed E-state index contributed by atoms with van der Waals surface area (Å²) in [5.74, 6) is -0.939. The molecule has 1 unspecified atom stereocenters. The van der Waals surface area contributed by atoms with Crippen LogP contribution in [0.3, 0.4) is 0 Å². The first kappa shape index (κ1) is 15.1. The van der Waals surface area contributed by atoms with Crippen molar-refractivity contribution < 1.29 is 9.90 Å². The summed E-state index contributed by atoms with van der Waals surface area (Å²) in [6.45, 7) is 2.03. The number of carbonyl (C=O) groups is 1. The molecule has 0 aliphatic carbocycles. The number of rotatable bonds is 4. The number of nitrogens with one attached hydrogen (secondary N) is 1. The molecule has 1 atom stereocenters. The van der Waals surface area contributed by atoms with Crippen LogP contribution in [-0.4, -0.2) is 11.1 Å². The monoisotopic (exact) mass is 397 g/mol. The topological polar surface area (TPSA) is 49.3 Å². The van der Waals surface area contributed by atoms with Gasteiger partial charge in [0.25, 0.3) is 0 Å². The summed E-state index contributed by atoms with van der Waals surface area (Å²) in [6, 6.07) is 13.2. The predicted octanol–water partition coefficient (Wildman–Crippen LogP) is 5.08. The normalized spacial score (nSPS) is 11.9. The molecule has 0 bridgehead atoms. The maximum atomic E-state index is 11.0. The summed E-state index contributed by atoms with van der Waals surface area (Å²) < 4.78 is 1.77. The first-order chi connectivity index (χ1) is 9.45. The van der Waals surface area contributed by atoms with Gasteiger partial charge in [0.1, 0.15) is 0 Å². The van der Waals surface area contributed by atoms with Gasteiger partial charge < -0.3 is 10.4 Å². The van der Waals surface area contributed by atoms with E-state index in [9.17, 15) is 4.79 Å². The van der Waals surface area contributed by atoms with Gasteiger partial charge in [0.2, 0.25) is 0 Å². The van der Waals surface area contributed by atoms with E-state index >= 15 is 0 Å². The van der Waals surface area contributed by atoms with E-state index in [0.29, 0.717) is 0 Å². The molecule has 0 amide bonds. The van der Waals surface area contributed by atoms with Crippen LogP contribution in [0, 0.1) is 0 Å². The summed E-state index contributed by atoms with van der Waals surface area (Å²) >= 11 is 6.73. The van der Waals surface area contributed by atoms with Crippen LogP contribution in [0.2, 0.25) is 0 Å². The number of aromatic carboxylic acids is 1. The Morgan fingerprint density at radius 1 is 1.10 bits per heavy atom. The van der Waals surface area contributed by atoms with Crippen molar-refractivity contribution >= 4 is 43.5 Å². The fraction of sp³-hybridized carbons (Fsp3) is 0.133. The Hall–Kier alpha value is -1.33. The zero-order valence-electron chi connectivity index (χ0n) is 10.7. The van der Waals surface area contributed by atoms with Crippen LogP contribution in [0.25, 0.3) is 0 Å². The molecule has 0 aromatic heterocycles. The van der Waals surface area contributed by atoms with Gasteiger partial charge >= 0.3 is 5.97 Å². The van der Waals surface area contributed by atoms with Gasteiger partial charge in [-0.1, -0.05) is 44.0 Å². The van der Waals surface area contributed by atoms with Crippen LogP contribution in [0.4, 0.5) is 5.69 Å². The first-order valence-electron chi connectivity index (χ1n) is 6.01. The summed E-state index contributed by atoms with van der Waals surface area (Å²) in [4.78, 5) is 11.0. The summed E-state index contributed by atoms with van der Waals surface area (Å²) in [6.07, 6.45) is 0. The van der Waals surface area contributed by atoms with Crippen LogP contribution in [0.1, 0.15) is 28.9 Å². The quantitative estimate of drug-likeness (QED) is 0.754. The van der Waals surface area contributed by atoms with Crippen molar-refractivity contribution in [1.29, 1.82) is 0 Å². The van der Waals surface area contributed by atoms with Crippen molar-refractivity contribution in [2.45, 2.75) is 13.0 Å². The fourth-order valence-electron chi connectivity index (χ4n) is 1.88. The standard InChI is InChI=1S/C15H13Br2NO2/c1-9(10-2-4-12(16)5-3-10)18-14-7-11(15(19)20)6-13(17)8-14/h2-9,18H,1H3,(H,19,20). The van der Waals surface area contributed by atoms with Crippen molar-refractivity contribution in [2.24, 2.45) is 0 Å². The lowest BCUT2D eigenvalue weighted by atomic mass is 10.1. The molecule has 0 heterocycles. The van der Waals surface area contributed by atoms with Gasteiger partial charge in [-0.3, -0.25) is 0 Å². The third-order valence-electron chi connectivity index (χ3n) is 2.90. The van der Waals surface area contributed by atoms with Crippen LogP contribution in [0.5, 0.6) is 0 Å². The number of hydrogen-bond donors (Lipinski definition) is 2.